The number of carbonyl (C=O) groups is 2. The molecule has 9 heteroatoms. The SMILES string of the molecule is CCOc1ccc(CN(C)C)cc1NC(=O)[C@H](NC(=O)N1CCN(C2CCC2)CC1)[C@H](C)c1c[nH]c2ccccc12. The van der Waals surface area contributed by atoms with Gasteiger partial charge in [-0.3, -0.25) is 9.69 Å². The lowest BCUT2D eigenvalue weighted by Crippen LogP contribution is -2.58. The number of carbonyl (C=O) groups excluding carboxylic acids is 2. The Morgan fingerprint density at radius 1 is 1.10 bits per heavy atom. The molecule has 0 radical (unpaired) electrons. The number of rotatable bonds is 10. The van der Waals surface area contributed by atoms with Crippen molar-refractivity contribution in [1.82, 2.24) is 25.0 Å². The van der Waals surface area contributed by atoms with Crippen molar-refractivity contribution in [3.8, 4) is 5.75 Å². The number of nitrogens with zero attached hydrogens (tertiary/aromatic N) is 3. The Morgan fingerprint density at radius 3 is 2.54 bits per heavy atom. The van der Waals surface area contributed by atoms with Crippen molar-refractivity contribution >= 4 is 28.5 Å². The molecule has 1 saturated heterocycles. The highest BCUT2D eigenvalue weighted by Crippen LogP contribution is 2.31. The van der Waals surface area contributed by atoms with E-state index in [0.29, 0.717) is 37.2 Å². The number of hydrogen-bond donors (Lipinski definition) is 3. The van der Waals surface area contributed by atoms with E-state index < -0.39 is 6.04 Å². The maximum absolute atomic E-state index is 14.1. The summed E-state index contributed by atoms with van der Waals surface area (Å²) >= 11 is 0. The molecule has 1 aromatic heterocycles. The van der Waals surface area contributed by atoms with Crippen LogP contribution in [0.5, 0.6) is 5.75 Å². The van der Waals surface area contributed by atoms with E-state index in [1.54, 1.807) is 0 Å². The van der Waals surface area contributed by atoms with Crippen LogP contribution in [0.4, 0.5) is 10.5 Å². The molecule has 3 aromatic rings. The average molecular weight is 561 g/mol. The lowest BCUT2D eigenvalue weighted by Gasteiger charge is -2.43. The molecule has 2 heterocycles. The summed E-state index contributed by atoms with van der Waals surface area (Å²) in [5.74, 6) is 0.0550. The predicted molar refractivity (Wildman–Crippen MR) is 163 cm³/mol. The lowest BCUT2D eigenvalue weighted by molar-refractivity contribution is -0.118. The Morgan fingerprint density at radius 2 is 1.85 bits per heavy atom. The van der Waals surface area contributed by atoms with Crippen LogP contribution in [0, 0.1) is 0 Å². The fourth-order valence-corrected chi connectivity index (χ4v) is 5.96. The summed E-state index contributed by atoms with van der Waals surface area (Å²) in [5, 5.41) is 7.28. The van der Waals surface area contributed by atoms with Crippen molar-refractivity contribution in [2.24, 2.45) is 0 Å². The van der Waals surface area contributed by atoms with Gasteiger partial charge in [0.15, 0.2) is 0 Å². The number of fused-ring (bicyclic) bond motifs is 1. The van der Waals surface area contributed by atoms with E-state index in [1.807, 2.05) is 81.5 Å². The van der Waals surface area contributed by atoms with E-state index in [1.165, 1.54) is 19.3 Å². The van der Waals surface area contributed by atoms with Crippen LogP contribution in [0.25, 0.3) is 10.9 Å². The summed E-state index contributed by atoms with van der Waals surface area (Å²) in [6.07, 6.45) is 5.77. The Balaban J connectivity index is 1.38. The second-order valence-corrected chi connectivity index (χ2v) is 11.6. The summed E-state index contributed by atoms with van der Waals surface area (Å²) in [7, 11) is 4.02. The van der Waals surface area contributed by atoms with Gasteiger partial charge in [0.2, 0.25) is 5.91 Å². The predicted octanol–water partition coefficient (Wildman–Crippen LogP) is 4.62. The Bertz CT molecular complexity index is 1340. The number of para-hydroxylation sites is 1. The first-order valence-electron chi connectivity index (χ1n) is 14.9. The number of anilines is 1. The highest BCUT2D eigenvalue weighted by Gasteiger charge is 2.34. The summed E-state index contributed by atoms with van der Waals surface area (Å²) in [4.78, 5) is 37.4. The minimum Gasteiger partial charge on any atom is -0.492 e. The summed E-state index contributed by atoms with van der Waals surface area (Å²) < 4.78 is 5.85. The molecule has 2 aromatic carbocycles. The van der Waals surface area contributed by atoms with E-state index in [9.17, 15) is 9.59 Å². The van der Waals surface area contributed by atoms with E-state index in [-0.39, 0.29) is 17.9 Å². The van der Waals surface area contributed by atoms with Crippen LogP contribution in [0.2, 0.25) is 0 Å². The van der Waals surface area contributed by atoms with Crippen molar-refractivity contribution in [2.75, 3.05) is 52.2 Å². The molecule has 2 aliphatic rings. The fraction of sp³-hybridized carbons (Fsp3) is 0.500. The lowest BCUT2D eigenvalue weighted by atomic mass is 9.91. The van der Waals surface area contributed by atoms with Crippen molar-refractivity contribution in [1.29, 1.82) is 0 Å². The molecular formula is C32H44N6O3. The maximum Gasteiger partial charge on any atom is 0.318 e. The molecule has 220 valence electrons. The molecule has 0 unspecified atom stereocenters. The number of nitrogens with one attached hydrogen (secondary N) is 3. The van der Waals surface area contributed by atoms with Crippen molar-refractivity contribution in [3.05, 3.63) is 59.8 Å². The quantitative estimate of drug-likeness (QED) is 0.337. The second-order valence-electron chi connectivity index (χ2n) is 11.6. The first-order valence-corrected chi connectivity index (χ1v) is 14.9. The molecule has 1 saturated carbocycles. The van der Waals surface area contributed by atoms with Gasteiger partial charge in [0.1, 0.15) is 11.8 Å². The molecule has 41 heavy (non-hydrogen) atoms. The summed E-state index contributed by atoms with van der Waals surface area (Å²) in [6, 6.07) is 13.6. The molecule has 5 rings (SSSR count). The van der Waals surface area contributed by atoms with Gasteiger partial charge in [-0.1, -0.05) is 37.6 Å². The standard InChI is InChI=1S/C32H44N6O3/c1-5-41-29-14-13-23(21-36(3)4)19-28(29)34-31(39)30(22(2)26-20-33-27-12-7-6-11-25(26)27)35-32(40)38-17-15-37(16-18-38)24-9-8-10-24/h6-7,11-14,19-20,22,24,30,33H,5,8-10,15-18,21H2,1-4H3,(H,34,39)(H,35,40)/t22-,30-/m1/s1. The molecule has 1 aliphatic heterocycles. The third-order valence-corrected chi connectivity index (χ3v) is 8.47. The number of hydrogen-bond acceptors (Lipinski definition) is 5. The topological polar surface area (TPSA) is 92.9 Å². The van der Waals surface area contributed by atoms with E-state index in [0.717, 1.165) is 41.7 Å². The molecule has 2 atom stereocenters. The van der Waals surface area contributed by atoms with Crippen molar-refractivity contribution in [3.63, 3.8) is 0 Å². The third-order valence-electron chi connectivity index (χ3n) is 8.47. The number of ether oxygens (including phenoxy) is 1. The van der Waals surface area contributed by atoms with E-state index in [4.69, 9.17) is 4.74 Å². The first kappa shape index (κ1) is 29.0. The number of aromatic amines is 1. The number of piperazine rings is 1. The number of amides is 3. The molecule has 9 nitrogen and oxygen atoms in total. The number of H-pyrrole nitrogens is 1. The molecule has 0 spiro atoms. The number of aromatic nitrogens is 1. The zero-order chi connectivity index (χ0) is 28.9. The highest BCUT2D eigenvalue weighted by molar-refractivity contribution is 5.99. The van der Waals surface area contributed by atoms with E-state index >= 15 is 0 Å². The first-order chi connectivity index (χ1) is 19.8. The van der Waals surface area contributed by atoms with Crippen LogP contribution in [-0.4, -0.2) is 90.6 Å². The Kier molecular flexibility index (Phi) is 9.15. The van der Waals surface area contributed by atoms with Crippen LogP contribution >= 0.6 is 0 Å². The van der Waals surface area contributed by atoms with Gasteiger partial charge < -0.3 is 30.2 Å². The molecule has 2 fully saturated rings. The Labute approximate surface area is 243 Å². The zero-order valence-corrected chi connectivity index (χ0v) is 24.8. The summed E-state index contributed by atoms with van der Waals surface area (Å²) in [6.45, 7) is 8.22. The maximum atomic E-state index is 14.1. The Hall–Kier alpha value is -3.56. The highest BCUT2D eigenvalue weighted by atomic mass is 16.5. The molecule has 3 N–H and O–H groups in total. The van der Waals surface area contributed by atoms with Crippen molar-refractivity contribution < 1.29 is 14.3 Å². The zero-order valence-electron chi connectivity index (χ0n) is 24.8. The number of urea groups is 1. The van der Waals surface area contributed by atoms with Gasteiger partial charge in [-0.15, -0.1) is 0 Å². The monoisotopic (exact) mass is 560 g/mol. The minimum atomic E-state index is -0.793. The normalized spacial score (nSPS) is 17.7. The largest absolute Gasteiger partial charge is 0.492 e. The fourth-order valence-electron chi connectivity index (χ4n) is 5.96. The molecule has 3 amide bonds. The van der Waals surface area contributed by atoms with Gasteiger partial charge in [-0.2, -0.15) is 0 Å². The van der Waals surface area contributed by atoms with Crippen LogP contribution in [-0.2, 0) is 11.3 Å². The van der Waals surface area contributed by atoms with Crippen LogP contribution < -0.4 is 15.4 Å². The summed E-state index contributed by atoms with van der Waals surface area (Å²) in [5.41, 5.74) is 3.66. The minimum absolute atomic E-state index is 0.198. The molecular weight excluding hydrogens is 516 g/mol. The van der Waals surface area contributed by atoms with Crippen LogP contribution in [0.1, 0.15) is 50.2 Å². The van der Waals surface area contributed by atoms with Gasteiger partial charge >= 0.3 is 6.03 Å². The van der Waals surface area contributed by atoms with Crippen LogP contribution in [0.3, 0.4) is 0 Å². The average Bonchev–Trinajstić information content (AvgIpc) is 3.36. The van der Waals surface area contributed by atoms with Gasteiger partial charge in [0.25, 0.3) is 0 Å². The smallest absolute Gasteiger partial charge is 0.318 e. The van der Waals surface area contributed by atoms with Crippen LogP contribution in [0.15, 0.2) is 48.7 Å². The van der Waals surface area contributed by atoms with E-state index in [2.05, 4.69) is 25.4 Å². The van der Waals surface area contributed by atoms with Gasteiger partial charge in [-0.05, 0) is 63.2 Å². The van der Waals surface area contributed by atoms with Gasteiger partial charge in [0, 0.05) is 61.8 Å². The molecule has 1 aliphatic carbocycles. The third kappa shape index (κ3) is 6.68. The number of benzene rings is 2. The van der Waals surface area contributed by atoms with Gasteiger partial charge in [0.05, 0.1) is 12.3 Å². The molecule has 0 bridgehead atoms. The van der Waals surface area contributed by atoms with Gasteiger partial charge in [-0.25, -0.2) is 4.79 Å². The van der Waals surface area contributed by atoms with Crippen molar-refractivity contribution in [2.45, 2.75) is 57.7 Å². The second kappa shape index (κ2) is 13.0.